The van der Waals surface area contributed by atoms with Crippen LogP contribution in [0.1, 0.15) is 37.8 Å². The van der Waals surface area contributed by atoms with Crippen LogP contribution in [0.2, 0.25) is 0 Å². The largest absolute Gasteiger partial charge is 0.487 e. The van der Waals surface area contributed by atoms with E-state index in [1.165, 1.54) is 0 Å². The number of fused-ring (bicyclic) bond motifs is 3. The molecule has 0 aliphatic carbocycles. The minimum atomic E-state index is -0.568. The minimum Gasteiger partial charge on any atom is -0.487 e. The quantitative estimate of drug-likeness (QED) is 0.549. The van der Waals surface area contributed by atoms with Crippen molar-refractivity contribution in [3.8, 4) is 5.75 Å². The van der Waals surface area contributed by atoms with Crippen LogP contribution in [-0.4, -0.2) is 29.1 Å². The molecule has 1 N–H and O–H groups in total. The van der Waals surface area contributed by atoms with Gasteiger partial charge in [0, 0.05) is 36.0 Å². The Labute approximate surface area is 175 Å². The van der Waals surface area contributed by atoms with E-state index in [-0.39, 0.29) is 12.0 Å². The first kappa shape index (κ1) is 19.6. The van der Waals surface area contributed by atoms with E-state index in [4.69, 9.17) is 21.1 Å². The van der Waals surface area contributed by atoms with Gasteiger partial charge in [-0.2, -0.15) is 0 Å². The van der Waals surface area contributed by atoms with Crippen molar-refractivity contribution < 1.29 is 14.3 Å². The molecule has 1 atom stereocenters. The van der Waals surface area contributed by atoms with Gasteiger partial charge < -0.3 is 14.5 Å². The minimum absolute atomic E-state index is 0.0423. The smallest absolute Gasteiger partial charge is 0.414 e. The molecule has 3 aromatic rings. The predicted octanol–water partition coefficient (Wildman–Crippen LogP) is 5.82. The molecule has 2 aromatic carbocycles. The van der Waals surface area contributed by atoms with Crippen LogP contribution in [0.5, 0.6) is 5.75 Å². The van der Waals surface area contributed by atoms with Crippen molar-refractivity contribution in [3.05, 3.63) is 59.8 Å². The number of benzene rings is 2. The van der Waals surface area contributed by atoms with Crippen LogP contribution in [0, 0.1) is 0 Å². The van der Waals surface area contributed by atoms with Crippen molar-refractivity contribution in [1.29, 1.82) is 0 Å². The number of aromatic amines is 1. The summed E-state index contributed by atoms with van der Waals surface area (Å²) >= 11 is 6.27. The second-order valence-corrected chi connectivity index (χ2v) is 8.60. The summed E-state index contributed by atoms with van der Waals surface area (Å²) in [5.41, 5.74) is 3.30. The van der Waals surface area contributed by atoms with E-state index in [0.29, 0.717) is 24.8 Å². The van der Waals surface area contributed by atoms with Crippen LogP contribution >= 0.6 is 11.6 Å². The third kappa shape index (κ3) is 3.92. The zero-order chi connectivity index (χ0) is 20.6. The summed E-state index contributed by atoms with van der Waals surface area (Å²) in [7, 11) is 0. The molecular weight excluding hydrogens is 388 g/mol. The number of ether oxygens (including phenoxy) is 2. The standard InChI is InChI=1S/C23H25ClN2O3/c1-23(2,3)29-22(27)26-13-16(12-24)20-17-9-10-25-21(17)19(11-18(20)26)28-14-15-7-5-4-6-8-15/h4-11,16,25H,12-14H2,1-3H3. The Kier molecular flexibility index (Phi) is 5.17. The number of aromatic nitrogens is 1. The molecule has 152 valence electrons. The number of rotatable bonds is 4. The molecule has 2 heterocycles. The zero-order valence-electron chi connectivity index (χ0n) is 16.9. The maximum absolute atomic E-state index is 12.9. The molecule has 4 rings (SSSR count). The maximum Gasteiger partial charge on any atom is 0.414 e. The fourth-order valence-corrected chi connectivity index (χ4v) is 3.99. The number of nitrogens with zero attached hydrogens (tertiary/aromatic N) is 1. The molecule has 1 aliphatic heterocycles. The molecule has 0 spiro atoms. The summed E-state index contributed by atoms with van der Waals surface area (Å²) in [6.45, 7) is 6.54. The highest BCUT2D eigenvalue weighted by molar-refractivity contribution is 6.19. The third-order valence-electron chi connectivity index (χ3n) is 4.97. The van der Waals surface area contributed by atoms with Crippen molar-refractivity contribution in [2.45, 2.75) is 38.9 Å². The average molecular weight is 413 g/mol. The van der Waals surface area contributed by atoms with E-state index in [2.05, 4.69) is 4.98 Å². The van der Waals surface area contributed by atoms with Crippen molar-refractivity contribution in [1.82, 2.24) is 4.98 Å². The molecule has 1 unspecified atom stereocenters. The number of halogens is 1. The van der Waals surface area contributed by atoms with Crippen LogP contribution in [0.25, 0.3) is 10.9 Å². The van der Waals surface area contributed by atoms with E-state index in [1.54, 1.807) is 4.90 Å². The van der Waals surface area contributed by atoms with Crippen LogP contribution in [0.3, 0.4) is 0 Å². The van der Waals surface area contributed by atoms with Crippen molar-refractivity contribution in [2.75, 3.05) is 17.3 Å². The van der Waals surface area contributed by atoms with Gasteiger partial charge in [0.1, 0.15) is 18.0 Å². The van der Waals surface area contributed by atoms with Gasteiger partial charge in [0.05, 0.1) is 11.2 Å². The Balaban J connectivity index is 1.73. The Morgan fingerprint density at radius 3 is 2.69 bits per heavy atom. The first-order chi connectivity index (χ1) is 13.9. The molecule has 0 saturated carbocycles. The Morgan fingerprint density at radius 2 is 2.00 bits per heavy atom. The Morgan fingerprint density at radius 1 is 1.24 bits per heavy atom. The monoisotopic (exact) mass is 412 g/mol. The fraction of sp³-hybridized carbons (Fsp3) is 0.348. The highest BCUT2D eigenvalue weighted by atomic mass is 35.5. The Hall–Kier alpha value is -2.66. The van der Waals surface area contributed by atoms with Crippen LogP contribution in [0.4, 0.5) is 10.5 Å². The van der Waals surface area contributed by atoms with Gasteiger partial charge in [0.25, 0.3) is 0 Å². The van der Waals surface area contributed by atoms with E-state index >= 15 is 0 Å². The molecule has 0 bridgehead atoms. The predicted molar refractivity (Wildman–Crippen MR) is 116 cm³/mol. The summed E-state index contributed by atoms with van der Waals surface area (Å²) in [6, 6.07) is 13.9. The summed E-state index contributed by atoms with van der Waals surface area (Å²) in [4.78, 5) is 17.8. The lowest BCUT2D eigenvalue weighted by atomic mass is 9.99. The highest BCUT2D eigenvalue weighted by Crippen LogP contribution is 2.45. The number of nitrogens with one attached hydrogen (secondary N) is 1. The van der Waals surface area contributed by atoms with Gasteiger partial charge in [0.2, 0.25) is 0 Å². The van der Waals surface area contributed by atoms with E-state index < -0.39 is 5.60 Å². The summed E-state index contributed by atoms with van der Waals surface area (Å²) < 4.78 is 11.8. The normalized spacial score (nSPS) is 16.1. The molecule has 0 radical (unpaired) electrons. The van der Waals surface area contributed by atoms with Gasteiger partial charge >= 0.3 is 6.09 Å². The van der Waals surface area contributed by atoms with Gasteiger partial charge in [-0.25, -0.2) is 4.79 Å². The second kappa shape index (κ2) is 7.64. The number of alkyl halides is 1. The maximum atomic E-state index is 12.9. The van der Waals surface area contributed by atoms with Crippen LogP contribution in [0.15, 0.2) is 48.7 Å². The van der Waals surface area contributed by atoms with E-state index in [9.17, 15) is 4.79 Å². The van der Waals surface area contributed by atoms with Gasteiger partial charge in [-0.15, -0.1) is 11.6 Å². The number of anilines is 1. The number of carbonyl (C=O) groups excluding carboxylic acids is 1. The number of hydrogen-bond donors (Lipinski definition) is 1. The molecule has 5 nitrogen and oxygen atoms in total. The molecule has 0 fully saturated rings. The molecule has 1 amide bonds. The number of carbonyl (C=O) groups is 1. The lowest BCUT2D eigenvalue weighted by molar-refractivity contribution is 0.0582. The lowest BCUT2D eigenvalue weighted by Crippen LogP contribution is -2.36. The third-order valence-corrected chi connectivity index (χ3v) is 5.34. The number of H-pyrrole nitrogens is 1. The molecule has 1 aromatic heterocycles. The average Bonchev–Trinajstić information content (AvgIpc) is 3.30. The summed E-state index contributed by atoms with van der Waals surface area (Å²) in [6.07, 6.45) is 1.53. The van der Waals surface area contributed by atoms with Gasteiger partial charge in [0.15, 0.2) is 0 Å². The first-order valence-corrected chi connectivity index (χ1v) is 10.3. The molecule has 1 aliphatic rings. The second-order valence-electron chi connectivity index (χ2n) is 8.29. The Bertz CT molecular complexity index is 1020. The molecular formula is C23H25ClN2O3. The number of amides is 1. The number of hydrogen-bond acceptors (Lipinski definition) is 3. The zero-order valence-corrected chi connectivity index (χ0v) is 17.6. The molecule has 29 heavy (non-hydrogen) atoms. The fourth-order valence-electron chi connectivity index (χ4n) is 3.74. The van der Waals surface area contributed by atoms with Crippen molar-refractivity contribution in [2.24, 2.45) is 0 Å². The molecule has 6 heteroatoms. The van der Waals surface area contributed by atoms with E-state index in [1.807, 2.05) is 69.4 Å². The van der Waals surface area contributed by atoms with Gasteiger partial charge in [-0.3, -0.25) is 4.90 Å². The van der Waals surface area contributed by atoms with Crippen LogP contribution < -0.4 is 9.64 Å². The highest BCUT2D eigenvalue weighted by Gasteiger charge is 2.37. The SMILES string of the molecule is CC(C)(C)OC(=O)N1CC(CCl)c2c1cc(OCc1ccccc1)c1[nH]ccc21. The summed E-state index contributed by atoms with van der Waals surface area (Å²) in [5.74, 6) is 1.17. The first-order valence-electron chi connectivity index (χ1n) is 9.74. The van der Waals surface area contributed by atoms with Crippen molar-refractivity contribution >= 4 is 34.3 Å². The van der Waals surface area contributed by atoms with Gasteiger partial charge in [-0.1, -0.05) is 30.3 Å². The topological polar surface area (TPSA) is 54.6 Å². The van der Waals surface area contributed by atoms with Gasteiger partial charge in [-0.05, 0) is 38.0 Å². The summed E-state index contributed by atoms with van der Waals surface area (Å²) in [5, 5.41) is 1.03. The van der Waals surface area contributed by atoms with Crippen molar-refractivity contribution in [3.63, 3.8) is 0 Å². The molecule has 0 saturated heterocycles. The van der Waals surface area contributed by atoms with E-state index in [0.717, 1.165) is 27.7 Å². The lowest BCUT2D eigenvalue weighted by Gasteiger charge is -2.25. The van der Waals surface area contributed by atoms with Crippen LogP contribution in [-0.2, 0) is 11.3 Å².